The standard InChI is InChI=1S/C13H17F3N2O2/c1-4-18(5-2)10-8-9(6-7-11(10)20-3)17-12(19)13(14,15)16/h6-8H,4-5H2,1-3H3,(H,17,19). The molecule has 0 heterocycles. The Morgan fingerprint density at radius 2 is 1.90 bits per heavy atom. The number of halogens is 3. The lowest BCUT2D eigenvalue weighted by Crippen LogP contribution is -2.30. The number of carbonyl (C=O) groups excluding carboxylic acids is 1. The molecule has 1 amide bonds. The molecule has 0 fully saturated rings. The minimum Gasteiger partial charge on any atom is -0.495 e. The van der Waals surface area contributed by atoms with E-state index in [1.54, 1.807) is 0 Å². The number of alkyl halides is 3. The van der Waals surface area contributed by atoms with Crippen molar-refractivity contribution in [2.45, 2.75) is 20.0 Å². The van der Waals surface area contributed by atoms with Gasteiger partial charge in [-0.2, -0.15) is 13.2 Å². The number of nitrogens with one attached hydrogen (secondary N) is 1. The zero-order valence-electron chi connectivity index (χ0n) is 11.5. The van der Waals surface area contributed by atoms with Crippen LogP contribution in [0.1, 0.15) is 13.8 Å². The maximum Gasteiger partial charge on any atom is 0.471 e. The summed E-state index contributed by atoms with van der Waals surface area (Å²) in [5.41, 5.74) is 0.715. The van der Waals surface area contributed by atoms with Crippen LogP contribution in [-0.2, 0) is 4.79 Å². The van der Waals surface area contributed by atoms with Crippen molar-refractivity contribution in [3.63, 3.8) is 0 Å². The predicted molar refractivity (Wildman–Crippen MR) is 71.2 cm³/mol. The Hall–Kier alpha value is -1.92. The zero-order chi connectivity index (χ0) is 15.3. The van der Waals surface area contributed by atoms with Gasteiger partial charge in [0.15, 0.2) is 0 Å². The first-order chi connectivity index (χ1) is 9.33. The van der Waals surface area contributed by atoms with Gasteiger partial charge in [-0.3, -0.25) is 4.79 Å². The Morgan fingerprint density at radius 3 is 2.35 bits per heavy atom. The van der Waals surface area contributed by atoms with Crippen LogP contribution in [0.25, 0.3) is 0 Å². The summed E-state index contributed by atoms with van der Waals surface area (Å²) in [6.45, 7) is 5.18. The second kappa shape index (κ2) is 6.49. The Balaban J connectivity index is 3.07. The van der Waals surface area contributed by atoms with Crippen LogP contribution in [0.5, 0.6) is 5.75 Å². The summed E-state index contributed by atoms with van der Waals surface area (Å²) >= 11 is 0. The fourth-order valence-corrected chi connectivity index (χ4v) is 1.78. The van der Waals surface area contributed by atoms with Gasteiger partial charge in [0.1, 0.15) is 5.75 Å². The second-order valence-electron chi connectivity index (χ2n) is 4.01. The van der Waals surface area contributed by atoms with Gasteiger partial charge in [0.2, 0.25) is 0 Å². The summed E-state index contributed by atoms with van der Waals surface area (Å²) in [5.74, 6) is -1.45. The van der Waals surface area contributed by atoms with Crippen molar-refractivity contribution in [2.75, 3.05) is 30.4 Å². The molecule has 0 unspecified atom stereocenters. The molecule has 0 radical (unpaired) electrons. The highest BCUT2D eigenvalue weighted by atomic mass is 19.4. The Morgan fingerprint density at radius 1 is 1.30 bits per heavy atom. The molecule has 1 aromatic rings. The summed E-state index contributed by atoms with van der Waals surface area (Å²) in [6.07, 6.45) is -4.91. The summed E-state index contributed by atoms with van der Waals surface area (Å²) in [5, 5.41) is 1.83. The predicted octanol–water partition coefficient (Wildman–Crippen LogP) is 3.04. The molecule has 0 saturated heterocycles. The lowest BCUT2D eigenvalue weighted by molar-refractivity contribution is -0.167. The molecule has 7 heteroatoms. The van der Waals surface area contributed by atoms with Crippen LogP contribution in [0.15, 0.2) is 18.2 Å². The highest BCUT2D eigenvalue weighted by molar-refractivity contribution is 5.95. The van der Waals surface area contributed by atoms with E-state index in [2.05, 4.69) is 0 Å². The van der Waals surface area contributed by atoms with Crippen LogP contribution in [0, 0.1) is 0 Å². The number of ether oxygens (including phenoxy) is 1. The molecule has 112 valence electrons. The van der Waals surface area contributed by atoms with Gasteiger partial charge in [0, 0.05) is 18.8 Å². The molecule has 0 aliphatic rings. The lowest BCUT2D eigenvalue weighted by atomic mass is 10.2. The Bertz CT molecular complexity index is 471. The van der Waals surface area contributed by atoms with Gasteiger partial charge in [-0.1, -0.05) is 0 Å². The summed E-state index contributed by atoms with van der Waals surface area (Å²) in [6, 6.07) is 4.37. The molecule has 0 spiro atoms. The van der Waals surface area contributed by atoms with Gasteiger partial charge >= 0.3 is 12.1 Å². The zero-order valence-corrected chi connectivity index (χ0v) is 11.5. The second-order valence-corrected chi connectivity index (χ2v) is 4.01. The number of hydrogen-bond donors (Lipinski definition) is 1. The van der Waals surface area contributed by atoms with Gasteiger partial charge in [0.05, 0.1) is 12.8 Å². The smallest absolute Gasteiger partial charge is 0.471 e. The largest absolute Gasteiger partial charge is 0.495 e. The van der Waals surface area contributed by atoms with E-state index in [9.17, 15) is 18.0 Å². The van der Waals surface area contributed by atoms with Gasteiger partial charge < -0.3 is 15.0 Å². The van der Waals surface area contributed by atoms with Crippen molar-refractivity contribution in [1.29, 1.82) is 0 Å². The maximum absolute atomic E-state index is 12.2. The van der Waals surface area contributed by atoms with E-state index in [-0.39, 0.29) is 5.69 Å². The summed E-state index contributed by atoms with van der Waals surface area (Å²) in [4.78, 5) is 12.8. The third-order valence-corrected chi connectivity index (χ3v) is 2.80. The van der Waals surface area contributed by atoms with Crippen molar-refractivity contribution >= 4 is 17.3 Å². The topological polar surface area (TPSA) is 41.6 Å². The van der Waals surface area contributed by atoms with E-state index < -0.39 is 12.1 Å². The van der Waals surface area contributed by atoms with E-state index in [0.29, 0.717) is 24.5 Å². The monoisotopic (exact) mass is 290 g/mol. The molecule has 1 aromatic carbocycles. The maximum atomic E-state index is 12.2. The van der Waals surface area contributed by atoms with Crippen LogP contribution < -0.4 is 15.0 Å². The first kappa shape index (κ1) is 16.1. The van der Waals surface area contributed by atoms with Gasteiger partial charge in [0.25, 0.3) is 0 Å². The SMILES string of the molecule is CCN(CC)c1cc(NC(=O)C(F)(F)F)ccc1OC. The average Bonchev–Trinajstić information content (AvgIpc) is 2.39. The normalized spacial score (nSPS) is 11.1. The number of methoxy groups -OCH3 is 1. The molecule has 1 N–H and O–H groups in total. The molecule has 0 aliphatic carbocycles. The molecule has 0 saturated carbocycles. The van der Waals surface area contributed by atoms with Gasteiger partial charge in [-0.05, 0) is 32.0 Å². The Kier molecular flexibility index (Phi) is 5.24. The number of benzene rings is 1. The molecule has 0 aliphatic heterocycles. The number of rotatable bonds is 5. The molecule has 0 aromatic heterocycles. The molecule has 4 nitrogen and oxygen atoms in total. The van der Waals surface area contributed by atoms with E-state index in [0.717, 1.165) is 0 Å². The van der Waals surface area contributed by atoms with Crippen molar-refractivity contribution in [1.82, 2.24) is 0 Å². The number of carbonyl (C=O) groups is 1. The third kappa shape index (κ3) is 3.79. The average molecular weight is 290 g/mol. The number of amides is 1. The molecule has 0 atom stereocenters. The van der Waals surface area contributed by atoms with Crippen LogP contribution in [0.3, 0.4) is 0 Å². The fourth-order valence-electron chi connectivity index (χ4n) is 1.78. The summed E-state index contributed by atoms with van der Waals surface area (Å²) < 4.78 is 41.9. The number of hydrogen-bond acceptors (Lipinski definition) is 3. The van der Waals surface area contributed by atoms with Gasteiger partial charge in [-0.15, -0.1) is 0 Å². The van der Waals surface area contributed by atoms with E-state index in [1.807, 2.05) is 24.1 Å². The van der Waals surface area contributed by atoms with Crippen LogP contribution in [-0.4, -0.2) is 32.3 Å². The molecular formula is C13H17F3N2O2. The van der Waals surface area contributed by atoms with Crippen molar-refractivity contribution < 1.29 is 22.7 Å². The molecule has 20 heavy (non-hydrogen) atoms. The highest BCUT2D eigenvalue weighted by Crippen LogP contribution is 2.31. The van der Waals surface area contributed by atoms with Crippen molar-refractivity contribution in [3.8, 4) is 5.75 Å². The number of nitrogens with zero attached hydrogens (tertiary/aromatic N) is 1. The minimum absolute atomic E-state index is 0.0787. The van der Waals surface area contributed by atoms with Crippen LogP contribution in [0.2, 0.25) is 0 Å². The fraction of sp³-hybridized carbons (Fsp3) is 0.462. The van der Waals surface area contributed by atoms with Crippen molar-refractivity contribution in [3.05, 3.63) is 18.2 Å². The Labute approximate surface area is 115 Å². The van der Waals surface area contributed by atoms with E-state index in [4.69, 9.17) is 4.74 Å². The molecular weight excluding hydrogens is 273 g/mol. The quantitative estimate of drug-likeness (QED) is 0.906. The molecule has 0 bridgehead atoms. The lowest BCUT2D eigenvalue weighted by Gasteiger charge is -2.24. The first-order valence-electron chi connectivity index (χ1n) is 6.14. The number of anilines is 2. The first-order valence-corrected chi connectivity index (χ1v) is 6.14. The van der Waals surface area contributed by atoms with Crippen molar-refractivity contribution in [2.24, 2.45) is 0 Å². The highest BCUT2D eigenvalue weighted by Gasteiger charge is 2.38. The van der Waals surface area contributed by atoms with Gasteiger partial charge in [-0.25, -0.2) is 0 Å². The molecule has 1 rings (SSSR count). The van der Waals surface area contributed by atoms with Crippen LogP contribution in [0.4, 0.5) is 24.5 Å². The minimum atomic E-state index is -4.91. The summed E-state index contributed by atoms with van der Waals surface area (Å²) in [7, 11) is 1.48. The third-order valence-electron chi connectivity index (χ3n) is 2.80. The van der Waals surface area contributed by atoms with Crippen LogP contribution >= 0.6 is 0 Å². The van der Waals surface area contributed by atoms with E-state index in [1.165, 1.54) is 25.3 Å². The van der Waals surface area contributed by atoms with E-state index >= 15 is 0 Å².